The highest BCUT2D eigenvalue weighted by atomic mass is 127. The van der Waals surface area contributed by atoms with Crippen LogP contribution in [0.15, 0.2) is 152 Å². The van der Waals surface area contributed by atoms with Crippen LogP contribution >= 0.6 is 77.0 Å². The molecule has 2 aromatic heterocycles. The molecule has 0 bridgehead atoms. The first kappa shape index (κ1) is 45.5. The lowest BCUT2D eigenvalue weighted by molar-refractivity contribution is -0.116. The first-order valence-electron chi connectivity index (χ1n) is 19.6. The lowest BCUT2D eigenvalue weighted by atomic mass is 10.1. The molecule has 0 atom stereocenters. The van der Waals surface area contributed by atoms with Gasteiger partial charge in [-0.3, -0.25) is 33.1 Å². The van der Waals surface area contributed by atoms with E-state index in [1.54, 1.807) is 35.4 Å². The zero-order valence-corrected chi connectivity index (χ0v) is 41.7. The van der Waals surface area contributed by atoms with Crippen LogP contribution in [0, 0.1) is 7.14 Å². The molecule has 322 valence electrons. The van der Waals surface area contributed by atoms with Crippen LogP contribution in [-0.2, 0) is 14.4 Å². The van der Waals surface area contributed by atoms with Gasteiger partial charge in [-0.25, -0.2) is 9.97 Å². The Labute approximate surface area is 415 Å². The third-order valence-corrected chi connectivity index (χ3v) is 12.4. The van der Waals surface area contributed by atoms with Crippen LogP contribution in [0.3, 0.4) is 0 Å². The van der Waals surface area contributed by atoms with Crippen LogP contribution in [0.1, 0.15) is 22.8 Å². The molecule has 3 amide bonds. The minimum atomic E-state index is -0.223. The smallest absolute Gasteiger partial charge is 0.266 e. The van der Waals surface area contributed by atoms with Gasteiger partial charge in [-0.05, 0) is 154 Å². The highest BCUT2D eigenvalue weighted by Gasteiger charge is 2.27. The van der Waals surface area contributed by atoms with Gasteiger partial charge in [0.2, 0.25) is 6.41 Å². The van der Waals surface area contributed by atoms with E-state index in [1.807, 2.05) is 133 Å². The van der Waals surface area contributed by atoms with Crippen molar-refractivity contribution in [1.82, 2.24) is 24.0 Å². The van der Waals surface area contributed by atoms with Crippen LogP contribution in [0.25, 0.3) is 56.5 Å². The molecule has 0 saturated carbocycles. The number of anilines is 2. The molecular weight excluding hydrogens is 1180 g/mol. The fourth-order valence-electron chi connectivity index (χ4n) is 7.06. The van der Waals surface area contributed by atoms with E-state index in [1.165, 1.54) is 4.90 Å². The van der Waals surface area contributed by atoms with E-state index >= 15 is 0 Å². The summed E-state index contributed by atoms with van der Waals surface area (Å²) in [4.78, 5) is 72.6. The van der Waals surface area contributed by atoms with E-state index in [2.05, 4.69) is 87.7 Å². The monoisotopic (exact) mass is 1210 g/mol. The molecular formula is C49H33Br2I2N7O5. The number of hydrogen-bond acceptors (Lipinski definition) is 7. The summed E-state index contributed by atoms with van der Waals surface area (Å²) < 4.78 is 6.75. The standard InChI is InChI=1S/2C23H13BrIN3O2.C3H7NO/c2*24-13-6-8-19-16(10-13)17(22(29)27-19)12-21-26-20-9-7-14(25)11-18(20)23(30)28(21)15-4-2-1-3-5-15;1-4(2)3-5/h2*1-12H,(H,27,29);3H,1-2H3/b2*17-12-;. The Bertz CT molecular complexity index is 3190. The topological polar surface area (TPSA) is 148 Å². The van der Waals surface area contributed by atoms with Crippen molar-refractivity contribution in [2.45, 2.75) is 0 Å². The summed E-state index contributed by atoms with van der Waals surface area (Å²) in [6.07, 6.45) is 4.11. The number of para-hydroxylation sites is 2. The number of nitrogens with zero attached hydrogens (tertiary/aromatic N) is 5. The maximum absolute atomic E-state index is 13.4. The molecule has 12 nitrogen and oxygen atoms in total. The molecule has 8 aromatic rings. The average Bonchev–Trinajstić information content (AvgIpc) is 3.77. The highest BCUT2D eigenvalue weighted by molar-refractivity contribution is 14.1. The van der Waals surface area contributed by atoms with Crippen molar-refractivity contribution in [3.05, 3.63) is 193 Å². The number of benzene rings is 6. The first-order chi connectivity index (χ1) is 31.3. The van der Waals surface area contributed by atoms with Gasteiger partial charge in [-0.2, -0.15) is 0 Å². The number of hydrogen-bond donors (Lipinski definition) is 2. The summed E-state index contributed by atoms with van der Waals surface area (Å²) in [5.74, 6) is 0.357. The van der Waals surface area contributed by atoms with Crippen molar-refractivity contribution in [2.75, 3.05) is 24.7 Å². The van der Waals surface area contributed by atoms with Gasteiger partial charge in [0.1, 0.15) is 11.6 Å². The number of aromatic nitrogens is 4. The van der Waals surface area contributed by atoms with E-state index in [-0.39, 0.29) is 22.9 Å². The van der Waals surface area contributed by atoms with Gasteiger partial charge in [0.05, 0.1) is 44.3 Å². The summed E-state index contributed by atoms with van der Waals surface area (Å²) in [5, 5.41) is 6.81. The molecule has 0 fully saturated rings. The third-order valence-electron chi connectivity index (χ3n) is 10.0. The number of nitrogens with one attached hydrogen (secondary N) is 2. The minimum absolute atomic E-state index is 0.176. The number of rotatable bonds is 5. The second kappa shape index (κ2) is 19.6. The first-order valence-corrected chi connectivity index (χ1v) is 23.4. The van der Waals surface area contributed by atoms with Crippen molar-refractivity contribution in [1.29, 1.82) is 0 Å². The lowest BCUT2D eigenvalue weighted by Gasteiger charge is -2.12. The van der Waals surface area contributed by atoms with Crippen molar-refractivity contribution in [3.63, 3.8) is 0 Å². The summed E-state index contributed by atoms with van der Waals surface area (Å²) in [6, 6.07) is 41.0. The SMILES string of the molecule is CN(C)C=O.O=C1Nc2ccc(Br)cc2/C1=C/c1nc2ccc(I)cc2c(=O)n1-c1ccccc1.O=C1Nc2ccc(Br)cc2/C1=C/c1nc2ccc(I)cc2c(=O)n1-c1ccccc1. The maximum Gasteiger partial charge on any atom is 0.266 e. The van der Waals surface area contributed by atoms with Gasteiger partial charge in [0.15, 0.2) is 0 Å². The van der Waals surface area contributed by atoms with Crippen molar-refractivity contribution < 1.29 is 14.4 Å². The molecule has 0 saturated heterocycles. The predicted octanol–water partition coefficient (Wildman–Crippen LogP) is 10.2. The number of carbonyl (C=O) groups is 3. The fraction of sp³-hybridized carbons (Fsp3) is 0.0408. The van der Waals surface area contributed by atoms with Crippen LogP contribution in [0.5, 0.6) is 0 Å². The zero-order chi connectivity index (χ0) is 45.9. The zero-order valence-electron chi connectivity index (χ0n) is 34.2. The summed E-state index contributed by atoms with van der Waals surface area (Å²) in [7, 11) is 3.38. The predicted molar refractivity (Wildman–Crippen MR) is 281 cm³/mol. The van der Waals surface area contributed by atoms with Crippen molar-refractivity contribution in [3.8, 4) is 11.4 Å². The Morgan fingerprint density at radius 1 is 0.554 bits per heavy atom. The molecule has 10 rings (SSSR count). The van der Waals surface area contributed by atoms with Gasteiger partial charge in [-0.15, -0.1) is 0 Å². The molecule has 65 heavy (non-hydrogen) atoms. The van der Waals surface area contributed by atoms with Gasteiger partial charge < -0.3 is 15.5 Å². The van der Waals surface area contributed by atoms with Crippen molar-refractivity contribution in [2.24, 2.45) is 0 Å². The van der Waals surface area contributed by atoms with E-state index < -0.39 is 0 Å². The normalized spacial score (nSPS) is 13.6. The van der Waals surface area contributed by atoms with Gasteiger partial charge >= 0.3 is 0 Å². The van der Waals surface area contributed by atoms with Crippen LogP contribution in [0.4, 0.5) is 11.4 Å². The molecule has 0 spiro atoms. The van der Waals surface area contributed by atoms with E-state index in [9.17, 15) is 24.0 Å². The largest absolute Gasteiger partial charge is 0.351 e. The Morgan fingerprint density at radius 2 is 0.938 bits per heavy atom. The van der Waals surface area contributed by atoms with E-state index in [0.717, 1.165) is 45.0 Å². The van der Waals surface area contributed by atoms with Crippen molar-refractivity contribution >= 4 is 152 Å². The molecule has 0 unspecified atom stereocenters. The summed E-state index contributed by atoms with van der Waals surface area (Å²) in [6.45, 7) is 0. The average molecular weight is 1210 g/mol. The molecule has 2 aliphatic rings. The maximum atomic E-state index is 13.4. The van der Waals surface area contributed by atoms with Crippen LogP contribution in [-0.4, -0.2) is 56.3 Å². The molecule has 4 heterocycles. The molecule has 0 radical (unpaired) electrons. The van der Waals surface area contributed by atoms with Gasteiger partial charge in [-0.1, -0.05) is 68.3 Å². The van der Waals surface area contributed by atoms with Gasteiger partial charge in [0.25, 0.3) is 22.9 Å². The second-order valence-corrected chi connectivity index (χ2v) is 19.0. The molecule has 2 N–H and O–H groups in total. The molecule has 0 aliphatic carbocycles. The quantitative estimate of drug-likeness (QED) is 0.0991. The Kier molecular flexibility index (Phi) is 13.7. The number of halogens is 4. The van der Waals surface area contributed by atoms with Crippen LogP contribution in [0.2, 0.25) is 0 Å². The summed E-state index contributed by atoms with van der Waals surface area (Å²) in [5.41, 5.74) is 6.15. The van der Waals surface area contributed by atoms with E-state index in [4.69, 9.17) is 9.97 Å². The van der Waals surface area contributed by atoms with E-state index in [0.29, 0.717) is 56.0 Å². The highest BCUT2D eigenvalue weighted by Crippen LogP contribution is 2.36. The lowest BCUT2D eigenvalue weighted by Crippen LogP contribution is -2.22. The second-order valence-electron chi connectivity index (χ2n) is 14.7. The molecule has 16 heteroatoms. The Balaban J connectivity index is 0.000000161. The molecule has 6 aromatic carbocycles. The van der Waals surface area contributed by atoms with Crippen LogP contribution < -0.4 is 21.8 Å². The Morgan fingerprint density at radius 3 is 1.31 bits per heavy atom. The number of fused-ring (bicyclic) bond motifs is 4. The number of carbonyl (C=O) groups excluding carboxylic acids is 3. The van der Waals surface area contributed by atoms with Gasteiger partial charge in [0, 0.05) is 52.7 Å². The minimum Gasteiger partial charge on any atom is -0.351 e. The number of amides is 3. The summed E-state index contributed by atoms with van der Waals surface area (Å²) >= 11 is 11.3. The third kappa shape index (κ3) is 9.80. The Hall–Kier alpha value is -6.09. The fourth-order valence-corrected chi connectivity index (χ4v) is 8.77. The molecule has 2 aliphatic heterocycles.